The van der Waals surface area contributed by atoms with Gasteiger partial charge in [0.25, 0.3) is 5.56 Å². The summed E-state index contributed by atoms with van der Waals surface area (Å²) < 4.78 is 46.6. The minimum atomic E-state index is -4.68. The van der Waals surface area contributed by atoms with Gasteiger partial charge in [0.2, 0.25) is 0 Å². The highest BCUT2D eigenvalue weighted by Gasteiger charge is 2.42. The normalized spacial score (nSPS) is 16.3. The zero-order chi connectivity index (χ0) is 22.2. The van der Waals surface area contributed by atoms with Crippen LogP contribution < -0.4 is 10.9 Å². The van der Waals surface area contributed by atoms with E-state index in [4.69, 9.17) is 4.74 Å². The number of ether oxygens (including phenoxy) is 1. The van der Waals surface area contributed by atoms with E-state index in [-0.39, 0.29) is 28.2 Å². The number of nitrogens with one attached hydrogen (secondary N) is 2. The van der Waals surface area contributed by atoms with Crippen LogP contribution in [0.5, 0.6) is 0 Å². The number of carbonyl (C=O) groups is 1. The first-order chi connectivity index (χ1) is 14.0. The zero-order valence-electron chi connectivity index (χ0n) is 16.7. The summed E-state index contributed by atoms with van der Waals surface area (Å²) in [6.45, 7) is 4.82. The molecule has 160 valence electrons. The van der Waals surface area contributed by atoms with Crippen molar-refractivity contribution >= 4 is 23.5 Å². The second kappa shape index (κ2) is 8.17. The molecule has 1 aliphatic heterocycles. The van der Waals surface area contributed by atoms with Crippen LogP contribution in [0.15, 0.2) is 45.5 Å². The van der Waals surface area contributed by atoms with Crippen molar-refractivity contribution < 1.29 is 22.7 Å². The third-order valence-corrected chi connectivity index (χ3v) is 5.13. The van der Waals surface area contributed by atoms with E-state index in [1.54, 1.807) is 27.0 Å². The van der Waals surface area contributed by atoms with Crippen LogP contribution in [0.3, 0.4) is 0 Å². The summed E-state index contributed by atoms with van der Waals surface area (Å²) >= 11 is 1.18. The van der Waals surface area contributed by atoms with Crippen LogP contribution in [0, 0.1) is 0 Å². The number of thioether (sulfide) groups is 1. The van der Waals surface area contributed by atoms with Gasteiger partial charge in [0.05, 0.1) is 28.7 Å². The minimum Gasteiger partial charge on any atom is -0.460 e. The molecule has 0 amide bonds. The molecule has 1 atom stereocenters. The molecule has 1 aromatic heterocycles. The van der Waals surface area contributed by atoms with Crippen LogP contribution in [0.2, 0.25) is 0 Å². The SMILES string of the molecule is CSc1nc2c(c(=O)[nH]1)C(c1ccccc1C(F)(F)F)C(C(=O)OC(C)C)=C(C)N2. The molecule has 0 aliphatic carbocycles. The van der Waals surface area contributed by atoms with Crippen LogP contribution in [-0.2, 0) is 15.7 Å². The number of alkyl halides is 3. The molecule has 1 aliphatic rings. The third kappa shape index (κ3) is 4.09. The highest BCUT2D eigenvalue weighted by Crippen LogP contribution is 2.44. The van der Waals surface area contributed by atoms with Gasteiger partial charge in [0.1, 0.15) is 5.82 Å². The Morgan fingerprint density at radius 3 is 2.53 bits per heavy atom. The number of hydrogen-bond acceptors (Lipinski definition) is 6. The Morgan fingerprint density at radius 1 is 1.27 bits per heavy atom. The molecular formula is C20H20F3N3O3S. The molecular weight excluding hydrogens is 419 g/mol. The molecule has 30 heavy (non-hydrogen) atoms. The Balaban J connectivity index is 2.34. The van der Waals surface area contributed by atoms with E-state index in [1.165, 1.54) is 30.0 Å². The molecule has 3 rings (SSSR count). The van der Waals surface area contributed by atoms with Gasteiger partial charge in [-0.2, -0.15) is 13.2 Å². The summed E-state index contributed by atoms with van der Waals surface area (Å²) in [6, 6.07) is 4.89. The molecule has 2 heterocycles. The molecule has 1 unspecified atom stereocenters. The zero-order valence-corrected chi connectivity index (χ0v) is 17.5. The van der Waals surface area contributed by atoms with E-state index in [2.05, 4.69) is 15.3 Å². The standard InChI is InChI=1S/C20H20F3N3O3S/c1-9(2)29-18(28)13-10(3)24-16-15(17(27)26-19(25-16)30-4)14(13)11-7-5-6-8-12(11)20(21,22)23/h5-9,14H,1-4H3,(H2,24,25,26,27). The maximum atomic E-state index is 13.8. The molecule has 0 radical (unpaired) electrons. The smallest absolute Gasteiger partial charge is 0.416 e. The van der Waals surface area contributed by atoms with Gasteiger partial charge in [-0.1, -0.05) is 30.0 Å². The van der Waals surface area contributed by atoms with Crippen molar-refractivity contribution in [3.63, 3.8) is 0 Å². The van der Waals surface area contributed by atoms with Gasteiger partial charge in [-0.05, 0) is 38.7 Å². The largest absolute Gasteiger partial charge is 0.460 e. The van der Waals surface area contributed by atoms with Crippen molar-refractivity contribution in [1.82, 2.24) is 9.97 Å². The first-order valence-corrected chi connectivity index (χ1v) is 10.3. The number of esters is 1. The van der Waals surface area contributed by atoms with Gasteiger partial charge >= 0.3 is 12.1 Å². The second-order valence-corrected chi connectivity index (χ2v) is 7.77. The fourth-order valence-electron chi connectivity index (χ4n) is 3.39. The van der Waals surface area contributed by atoms with Crippen LogP contribution in [0.1, 0.15) is 43.4 Å². The minimum absolute atomic E-state index is 0.0582. The molecule has 0 bridgehead atoms. The van der Waals surface area contributed by atoms with Crippen LogP contribution in [0.25, 0.3) is 0 Å². The summed E-state index contributed by atoms with van der Waals surface area (Å²) in [5, 5.41) is 3.19. The van der Waals surface area contributed by atoms with Crippen molar-refractivity contribution in [3.8, 4) is 0 Å². The fraction of sp³-hybridized carbons (Fsp3) is 0.350. The number of aromatic amines is 1. The van der Waals surface area contributed by atoms with E-state index in [9.17, 15) is 22.8 Å². The van der Waals surface area contributed by atoms with E-state index in [1.807, 2.05) is 0 Å². The van der Waals surface area contributed by atoms with Gasteiger partial charge < -0.3 is 15.0 Å². The molecule has 1 aromatic carbocycles. The van der Waals surface area contributed by atoms with Crippen molar-refractivity contribution in [2.75, 3.05) is 11.6 Å². The van der Waals surface area contributed by atoms with Gasteiger partial charge in [-0.3, -0.25) is 4.79 Å². The van der Waals surface area contributed by atoms with Crippen LogP contribution >= 0.6 is 11.8 Å². The number of rotatable bonds is 4. The van der Waals surface area contributed by atoms with Gasteiger partial charge in [0.15, 0.2) is 5.16 Å². The number of H-pyrrole nitrogens is 1. The summed E-state index contributed by atoms with van der Waals surface area (Å²) in [7, 11) is 0. The lowest BCUT2D eigenvalue weighted by Crippen LogP contribution is -2.32. The number of nitrogens with zero attached hydrogens (tertiary/aromatic N) is 1. The fourth-order valence-corrected chi connectivity index (χ4v) is 3.77. The Hall–Kier alpha value is -2.75. The first-order valence-electron chi connectivity index (χ1n) is 9.07. The van der Waals surface area contributed by atoms with Crippen molar-refractivity contribution in [2.24, 2.45) is 0 Å². The van der Waals surface area contributed by atoms with Crippen molar-refractivity contribution in [3.05, 3.63) is 62.6 Å². The Labute approximate surface area is 174 Å². The molecule has 0 saturated heterocycles. The lowest BCUT2D eigenvalue weighted by atomic mass is 9.80. The van der Waals surface area contributed by atoms with Crippen LogP contribution in [0.4, 0.5) is 19.0 Å². The summed E-state index contributed by atoms with van der Waals surface area (Å²) in [5.74, 6) is -1.97. The highest BCUT2D eigenvalue weighted by atomic mass is 32.2. The Bertz CT molecular complexity index is 1080. The number of allylic oxidation sites excluding steroid dienone is 1. The maximum Gasteiger partial charge on any atom is 0.416 e. The average Bonchev–Trinajstić information content (AvgIpc) is 2.65. The van der Waals surface area contributed by atoms with Crippen molar-refractivity contribution in [2.45, 2.75) is 44.1 Å². The molecule has 6 nitrogen and oxygen atoms in total. The number of benzene rings is 1. The Morgan fingerprint density at radius 2 is 1.93 bits per heavy atom. The van der Waals surface area contributed by atoms with Gasteiger partial charge in [-0.25, -0.2) is 9.78 Å². The predicted molar refractivity (Wildman–Crippen MR) is 107 cm³/mol. The van der Waals surface area contributed by atoms with Gasteiger partial charge in [-0.15, -0.1) is 0 Å². The number of anilines is 1. The number of hydrogen-bond donors (Lipinski definition) is 2. The molecule has 2 N–H and O–H groups in total. The first kappa shape index (κ1) is 21.9. The van der Waals surface area contributed by atoms with Crippen LogP contribution in [-0.4, -0.2) is 28.3 Å². The quantitative estimate of drug-likeness (QED) is 0.420. The summed E-state index contributed by atoms with van der Waals surface area (Å²) in [5.41, 5.74) is -1.62. The number of carbonyl (C=O) groups excluding carboxylic acids is 1. The number of halogens is 3. The maximum absolute atomic E-state index is 13.8. The van der Waals surface area contributed by atoms with E-state index >= 15 is 0 Å². The number of aromatic nitrogens is 2. The van der Waals surface area contributed by atoms with Gasteiger partial charge in [0, 0.05) is 5.70 Å². The summed E-state index contributed by atoms with van der Waals surface area (Å²) in [4.78, 5) is 32.6. The third-order valence-electron chi connectivity index (χ3n) is 4.55. The average molecular weight is 439 g/mol. The molecule has 0 saturated carbocycles. The van der Waals surface area contributed by atoms with E-state index in [0.29, 0.717) is 5.16 Å². The van der Waals surface area contributed by atoms with E-state index in [0.717, 1.165) is 6.07 Å². The predicted octanol–water partition coefficient (Wildman–Crippen LogP) is 4.29. The number of fused-ring (bicyclic) bond motifs is 1. The molecule has 0 spiro atoms. The molecule has 2 aromatic rings. The topological polar surface area (TPSA) is 84.1 Å². The molecule has 10 heteroatoms. The highest BCUT2D eigenvalue weighted by molar-refractivity contribution is 7.98. The molecule has 0 fully saturated rings. The monoisotopic (exact) mass is 439 g/mol. The lowest BCUT2D eigenvalue weighted by molar-refractivity contribution is -0.143. The van der Waals surface area contributed by atoms with Crippen molar-refractivity contribution in [1.29, 1.82) is 0 Å². The Kier molecular flexibility index (Phi) is 5.98. The second-order valence-electron chi connectivity index (χ2n) is 6.97. The lowest BCUT2D eigenvalue weighted by Gasteiger charge is -2.30. The summed E-state index contributed by atoms with van der Waals surface area (Å²) in [6.07, 6.45) is -3.46. The van der Waals surface area contributed by atoms with E-state index < -0.39 is 35.3 Å².